The Hall–Kier alpha value is -2.24. The van der Waals surface area contributed by atoms with Gasteiger partial charge in [-0.15, -0.1) is 0 Å². The summed E-state index contributed by atoms with van der Waals surface area (Å²) in [5.41, 5.74) is 1.20. The number of carbonyl (C=O) groups is 2. The van der Waals surface area contributed by atoms with Gasteiger partial charge in [0.1, 0.15) is 11.5 Å². The number of phenols is 1. The first-order chi connectivity index (χ1) is 8.65. The Labute approximate surface area is 104 Å². The Morgan fingerprint density at radius 2 is 2.06 bits per heavy atom. The lowest BCUT2D eigenvalue weighted by Crippen LogP contribution is -2.18. The largest absolute Gasteiger partial charge is 0.508 e. The minimum absolute atomic E-state index is 0.126. The molecule has 3 rings (SSSR count). The standard InChI is InChI=1S/C9H10O2.C3H3NO3/c10-8-4-3-7-2-1-5-11-9(7)6-8;5-2-1-7-3(6)4-2/h3-4,6,10H,1-2,5H2;1H2,(H,4,5,6). The van der Waals surface area contributed by atoms with Crippen molar-refractivity contribution < 1.29 is 24.2 Å². The number of cyclic esters (lactones) is 1. The number of benzene rings is 1. The molecule has 2 N–H and O–H groups in total. The van der Waals surface area contributed by atoms with E-state index in [1.807, 2.05) is 11.4 Å². The van der Waals surface area contributed by atoms with Crippen molar-refractivity contribution in [2.45, 2.75) is 12.8 Å². The van der Waals surface area contributed by atoms with Crippen molar-refractivity contribution in [3.05, 3.63) is 23.8 Å². The fourth-order valence-corrected chi connectivity index (χ4v) is 1.65. The van der Waals surface area contributed by atoms with Crippen LogP contribution in [-0.2, 0) is 16.0 Å². The first kappa shape index (κ1) is 12.2. The van der Waals surface area contributed by atoms with Gasteiger partial charge < -0.3 is 14.6 Å². The maximum absolute atomic E-state index is 10.00. The number of rotatable bonds is 0. The number of amides is 2. The molecule has 0 spiro atoms. The SMILES string of the molecule is O=C1COC(=O)N1.Oc1ccc2c(c1)OCCC2. The van der Waals surface area contributed by atoms with Crippen molar-refractivity contribution >= 4 is 12.0 Å². The zero-order valence-electron chi connectivity index (χ0n) is 9.64. The molecule has 0 atom stereocenters. The van der Waals surface area contributed by atoms with E-state index in [1.165, 1.54) is 5.56 Å². The topological polar surface area (TPSA) is 84.9 Å². The third-order valence-electron chi connectivity index (χ3n) is 2.47. The third kappa shape index (κ3) is 3.13. The van der Waals surface area contributed by atoms with Crippen LogP contribution in [-0.4, -0.2) is 30.3 Å². The number of nitrogens with one attached hydrogen (secondary N) is 1. The van der Waals surface area contributed by atoms with Crippen LogP contribution in [0.2, 0.25) is 0 Å². The summed E-state index contributed by atoms with van der Waals surface area (Å²) in [6.07, 6.45) is 1.50. The molecule has 2 heterocycles. The lowest BCUT2D eigenvalue weighted by molar-refractivity contribution is -0.119. The maximum Gasteiger partial charge on any atom is 0.414 e. The fraction of sp³-hybridized carbons (Fsp3) is 0.333. The molecular weight excluding hydrogens is 238 g/mol. The molecule has 6 heteroatoms. The quantitative estimate of drug-likeness (QED) is 0.717. The summed E-state index contributed by atoms with van der Waals surface area (Å²) in [6.45, 7) is 0.648. The van der Waals surface area contributed by atoms with Gasteiger partial charge in [0.15, 0.2) is 6.61 Å². The molecule has 0 aromatic heterocycles. The smallest absolute Gasteiger partial charge is 0.414 e. The van der Waals surface area contributed by atoms with E-state index >= 15 is 0 Å². The molecule has 18 heavy (non-hydrogen) atoms. The number of ether oxygens (including phenoxy) is 2. The maximum atomic E-state index is 10.00. The minimum atomic E-state index is -0.648. The van der Waals surface area contributed by atoms with Gasteiger partial charge in [0.05, 0.1) is 6.61 Å². The van der Waals surface area contributed by atoms with E-state index in [9.17, 15) is 9.59 Å². The Balaban J connectivity index is 0.000000149. The second-order valence-electron chi connectivity index (χ2n) is 3.87. The second kappa shape index (κ2) is 5.39. The number of aryl methyl sites for hydroxylation is 1. The van der Waals surface area contributed by atoms with E-state index in [-0.39, 0.29) is 18.3 Å². The molecule has 1 fully saturated rings. The summed E-state index contributed by atoms with van der Waals surface area (Å²) in [6, 6.07) is 5.30. The summed E-state index contributed by atoms with van der Waals surface area (Å²) < 4.78 is 9.51. The van der Waals surface area contributed by atoms with Crippen LogP contribution in [0.5, 0.6) is 11.5 Å². The highest BCUT2D eigenvalue weighted by Crippen LogP contribution is 2.27. The molecule has 6 nitrogen and oxygen atoms in total. The van der Waals surface area contributed by atoms with Crippen LogP contribution < -0.4 is 10.1 Å². The van der Waals surface area contributed by atoms with E-state index in [0.717, 1.165) is 25.2 Å². The van der Waals surface area contributed by atoms with E-state index in [1.54, 1.807) is 12.1 Å². The number of alkyl carbamates (subject to hydrolysis) is 1. The molecule has 1 aromatic rings. The van der Waals surface area contributed by atoms with E-state index in [2.05, 4.69) is 4.74 Å². The van der Waals surface area contributed by atoms with Gasteiger partial charge in [-0.2, -0.15) is 0 Å². The number of carbonyl (C=O) groups excluding carboxylic acids is 2. The Morgan fingerprint density at radius 1 is 1.22 bits per heavy atom. The van der Waals surface area contributed by atoms with Gasteiger partial charge in [0.2, 0.25) is 0 Å². The van der Waals surface area contributed by atoms with Crippen LogP contribution >= 0.6 is 0 Å². The third-order valence-corrected chi connectivity index (χ3v) is 2.47. The first-order valence-corrected chi connectivity index (χ1v) is 5.56. The summed E-state index contributed by atoms with van der Waals surface area (Å²) >= 11 is 0. The molecule has 2 aliphatic heterocycles. The Kier molecular flexibility index (Phi) is 3.66. The number of phenolic OH excluding ortho intramolecular Hbond substituents is 1. The van der Waals surface area contributed by atoms with Crippen LogP contribution in [0.3, 0.4) is 0 Å². The number of hydrogen-bond donors (Lipinski definition) is 2. The Morgan fingerprint density at radius 3 is 2.67 bits per heavy atom. The number of fused-ring (bicyclic) bond motifs is 1. The monoisotopic (exact) mass is 251 g/mol. The van der Waals surface area contributed by atoms with Crippen molar-refractivity contribution in [1.29, 1.82) is 0 Å². The summed E-state index contributed by atoms with van der Waals surface area (Å²) in [5, 5.41) is 11.0. The normalized spacial score (nSPS) is 16.7. The van der Waals surface area contributed by atoms with Gasteiger partial charge >= 0.3 is 6.09 Å². The van der Waals surface area contributed by atoms with E-state index < -0.39 is 6.09 Å². The molecule has 1 saturated heterocycles. The lowest BCUT2D eigenvalue weighted by Gasteiger charge is -2.16. The van der Waals surface area contributed by atoms with Crippen molar-refractivity contribution in [3.63, 3.8) is 0 Å². The molecule has 0 aliphatic carbocycles. The summed E-state index contributed by atoms with van der Waals surface area (Å²) in [5.74, 6) is 0.756. The second-order valence-corrected chi connectivity index (χ2v) is 3.87. The van der Waals surface area contributed by atoms with E-state index in [0.29, 0.717) is 0 Å². The molecule has 0 bridgehead atoms. The van der Waals surface area contributed by atoms with Crippen molar-refractivity contribution in [2.24, 2.45) is 0 Å². The summed E-state index contributed by atoms with van der Waals surface area (Å²) in [7, 11) is 0. The molecule has 2 amide bonds. The Bertz CT molecular complexity index is 458. The number of hydrogen-bond acceptors (Lipinski definition) is 5. The fourth-order valence-electron chi connectivity index (χ4n) is 1.65. The number of imide groups is 1. The predicted octanol–water partition coefficient (Wildman–Crippen LogP) is 0.970. The number of aromatic hydroxyl groups is 1. The van der Waals surface area contributed by atoms with Gasteiger partial charge in [0.25, 0.3) is 5.91 Å². The zero-order valence-corrected chi connectivity index (χ0v) is 9.64. The zero-order chi connectivity index (χ0) is 13.0. The molecule has 1 aromatic carbocycles. The van der Waals surface area contributed by atoms with Crippen molar-refractivity contribution in [3.8, 4) is 11.5 Å². The average Bonchev–Trinajstić information content (AvgIpc) is 2.74. The molecular formula is C12H13NO5. The molecule has 2 aliphatic rings. The van der Waals surface area contributed by atoms with Crippen molar-refractivity contribution in [2.75, 3.05) is 13.2 Å². The van der Waals surface area contributed by atoms with Crippen LogP contribution in [0.25, 0.3) is 0 Å². The van der Waals surface area contributed by atoms with Crippen molar-refractivity contribution in [1.82, 2.24) is 5.32 Å². The van der Waals surface area contributed by atoms with Crippen LogP contribution in [0, 0.1) is 0 Å². The highest BCUT2D eigenvalue weighted by Gasteiger charge is 2.17. The molecule has 96 valence electrons. The van der Waals surface area contributed by atoms with Gasteiger partial charge in [-0.05, 0) is 24.5 Å². The van der Waals surface area contributed by atoms with Crippen LogP contribution in [0.4, 0.5) is 4.79 Å². The van der Waals surface area contributed by atoms with Gasteiger partial charge in [-0.3, -0.25) is 10.1 Å². The molecule has 0 saturated carbocycles. The highest BCUT2D eigenvalue weighted by molar-refractivity contribution is 5.97. The van der Waals surface area contributed by atoms with E-state index in [4.69, 9.17) is 9.84 Å². The minimum Gasteiger partial charge on any atom is -0.508 e. The average molecular weight is 251 g/mol. The van der Waals surface area contributed by atoms with Crippen LogP contribution in [0.1, 0.15) is 12.0 Å². The lowest BCUT2D eigenvalue weighted by atomic mass is 10.1. The predicted molar refractivity (Wildman–Crippen MR) is 61.4 cm³/mol. The molecule has 0 radical (unpaired) electrons. The van der Waals surface area contributed by atoms with Crippen LogP contribution in [0.15, 0.2) is 18.2 Å². The van der Waals surface area contributed by atoms with Gasteiger partial charge in [-0.1, -0.05) is 6.07 Å². The summed E-state index contributed by atoms with van der Waals surface area (Å²) in [4.78, 5) is 19.9. The van der Waals surface area contributed by atoms with Gasteiger partial charge in [-0.25, -0.2) is 4.79 Å². The molecule has 0 unspecified atom stereocenters. The van der Waals surface area contributed by atoms with Gasteiger partial charge in [0, 0.05) is 6.07 Å². The first-order valence-electron chi connectivity index (χ1n) is 5.56. The highest BCUT2D eigenvalue weighted by atomic mass is 16.6.